The van der Waals surface area contributed by atoms with E-state index in [2.05, 4.69) is 11.3 Å². The highest BCUT2D eigenvalue weighted by atomic mass is 32.2. The first-order valence-electron chi connectivity index (χ1n) is 9.10. The van der Waals surface area contributed by atoms with Crippen LogP contribution in [0, 0.1) is 0 Å². The molecule has 0 aliphatic rings. The monoisotopic (exact) mass is 438 g/mol. The fourth-order valence-corrected chi connectivity index (χ4v) is 4.93. The first kappa shape index (κ1) is 20.2. The van der Waals surface area contributed by atoms with Crippen LogP contribution in [0.15, 0.2) is 74.9 Å². The summed E-state index contributed by atoms with van der Waals surface area (Å²) in [6.07, 6.45) is 1.68. The lowest BCUT2D eigenvalue weighted by Gasteiger charge is -2.10. The minimum atomic E-state index is -0.526. The Morgan fingerprint density at radius 2 is 2.10 bits per heavy atom. The standard InChI is InChI=1S/C22H18N2O4S2/c1-3-11-24-20(25)18-16(14-7-5-4-6-8-14)13-29-19(18)23-22(24)30-12-15-9-10-17(28-15)21(26)27-2/h3-10,13H,1,11-12H2,2H3. The summed E-state index contributed by atoms with van der Waals surface area (Å²) in [5.41, 5.74) is 1.77. The van der Waals surface area contributed by atoms with Gasteiger partial charge in [0.2, 0.25) is 5.76 Å². The predicted molar refractivity (Wildman–Crippen MR) is 119 cm³/mol. The molecule has 0 bridgehead atoms. The molecule has 4 rings (SSSR count). The lowest BCUT2D eigenvalue weighted by molar-refractivity contribution is 0.0563. The van der Waals surface area contributed by atoms with E-state index in [1.807, 2.05) is 35.7 Å². The van der Waals surface area contributed by atoms with Gasteiger partial charge in [-0.25, -0.2) is 9.78 Å². The molecule has 0 saturated carbocycles. The highest BCUT2D eigenvalue weighted by molar-refractivity contribution is 7.98. The van der Waals surface area contributed by atoms with Crippen molar-refractivity contribution in [3.8, 4) is 11.1 Å². The molecule has 8 heteroatoms. The number of benzene rings is 1. The molecule has 0 fully saturated rings. The molecule has 0 radical (unpaired) electrons. The van der Waals surface area contributed by atoms with Crippen LogP contribution in [-0.2, 0) is 17.0 Å². The van der Waals surface area contributed by atoms with E-state index in [0.717, 1.165) is 11.1 Å². The van der Waals surface area contributed by atoms with Crippen molar-refractivity contribution in [3.05, 3.63) is 82.4 Å². The molecule has 0 unspecified atom stereocenters. The Morgan fingerprint density at radius 3 is 2.83 bits per heavy atom. The van der Waals surface area contributed by atoms with Crippen LogP contribution >= 0.6 is 23.1 Å². The van der Waals surface area contributed by atoms with Gasteiger partial charge in [-0.15, -0.1) is 17.9 Å². The van der Waals surface area contributed by atoms with Crippen molar-refractivity contribution in [2.24, 2.45) is 0 Å². The molecule has 3 heterocycles. The summed E-state index contributed by atoms with van der Waals surface area (Å²) in [5, 5.41) is 3.16. The summed E-state index contributed by atoms with van der Waals surface area (Å²) in [5.74, 6) is 0.631. The van der Waals surface area contributed by atoms with Gasteiger partial charge in [-0.3, -0.25) is 9.36 Å². The summed E-state index contributed by atoms with van der Waals surface area (Å²) in [7, 11) is 1.30. The topological polar surface area (TPSA) is 74.3 Å². The molecule has 0 amide bonds. The molecule has 0 saturated heterocycles. The Labute approximate surface area is 180 Å². The van der Waals surface area contributed by atoms with E-state index >= 15 is 0 Å². The van der Waals surface area contributed by atoms with Crippen molar-refractivity contribution in [3.63, 3.8) is 0 Å². The van der Waals surface area contributed by atoms with E-state index in [-0.39, 0.29) is 11.3 Å². The highest BCUT2D eigenvalue weighted by Crippen LogP contribution is 2.32. The first-order chi connectivity index (χ1) is 14.6. The Hall–Kier alpha value is -3.10. The van der Waals surface area contributed by atoms with E-state index in [4.69, 9.17) is 9.40 Å². The number of thioether (sulfide) groups is 1. The minimum Gasteiger partial charge on any atom is -0.463 e. The fraction of sp³-hybridized carbons (Fsp3) is 0.136. The number of rotatable bonds is 7. The fourth-order valence-electron chi connectivity index (χ4n) is 3.04. The Bertz CT molecular complexity index is 1270. The van der Waals surface area contributed by atoms with Gasteiger partial charge in [0.1, 0.15) is 10.6 Å². The Morgan fingerprint density at radius 1 is 1.30 bits per heavy atom. The summed E-state index contributed by atoms with van der Waals surface area (Å²) in [4.78, 5) is 30.3. The van der Waals surface area contributed by atoms with E-state index in [1.54, 1.807) is 22.8 Å². The van der Waals surface area contributed by atoms with Crippen LogP contribution in [0.25, 0.3) is 21.3 Å². The van der Waals surface area contributed by atoms with Gasteiger partial charge < -0.3 is 9.15 Å². The van der Waals surface area contributed by atoms with E-state index in [0.29, 0.717) is 33.4 Å². The maximum absolute atomic E-state index is 13.3. The van der Waals surface area contributed by atoms with Gasteiger partial charge in [-0.2, -0.15) is 0 Å². The van der Waals surface area contributed by atoms with Crippen LogP contribution in [0.5, 0.6) is 0 Å². The molecule has 1 aromatic carbocycles. The third kappa shape index (κ3) is 3.83. The van der Waals surface area contributed by atoms with Crippen LogP contribution in [0.3, 0.4) is 0 Å². The SMILES string of the molecule is C=CCn1c(SCc2ccc(C(=O)OC)o2)nc2scc(-c3ccccc3)c2c1=O. The third-order valence-corrected chi connectivity index (χ3v) is 6.32. The molecule has 0 spiro atoms. The molecule has 6 nitrogen and oxygen atoms in total. The van der Waals surface area contributed by atoms with E-state index < -0.39 is 5.97 Å². The summed E-state index contributed by atoms with van der Waals surface area (Å²) in [6.45, 7) is 4.12. The lowest BCUT2D eigenvalue weighted by Crippen LogP contribution is -2.22. The number of hydrogen-bond donors (Lipinski definition) is 0. The maximum Gasteiger partial charge on any atom is 0.373 e. The van der Waals surface area contributed by atoms with Gasteiger partial charge in [-0.05, 0) is 17.7 Å². The van der Waals surface area contributed by atoms with Gasteiger partial charge in [0.05, 0.1) is 18.2 Å². The number of thiophene rings is 1. The third-order valence-electron chi connectivity index (χ3n) is 4.45. The molecule has 30 heavy (non-hydrogen) atoms. The van der Waals surface area contributed by atoms with Crippen molar-refractivity contribution < 1.29 is 13.9 Å². The van der Waals surface area contributed by atoms with Crippen molar-refractivity contribution in [1.29, 1.82) is 0 Å². The van der Waals surface area contributed by atoms with Crippen molar-refractivity contribution in [2.45, 2.75) is 17.5 Å². The summed E-state index contributed by atoms with van der Waals surface area (Å²) >= 11 is 2.82. The number of carbonyl (C=O) groups excluding carboxylic acids is 1. The number of furan rings is 1. The van der Waals surface area contributed by atoms with Gasteiger partial charge in [0.15, 0.2) is 5.16 Å². The number of nitrogens with zero attached hydrogens (tertiary/aromatic N) is 2. The number of allylic oxidation sites excluding steroid dienone is 1. The zero-order valence-electron chi connectivity index (χ0n) is 16.2. The zero-order valence-corrected chi connectivity index (χ0v) is 17.8. The van der Waals surface area contributed by atoms with Crippen LogP contribution in [0.2, 0.25) is 0 Å². The van der Waals surface area contributed by atoms with Crippen LogP contribution in [0.4, 0.5) is 0 Å². The van der Waals surface area contributed by atoms with Crippen molar-refractivity contribution in [1.82, 2.24) is 9.55 Å². The number of carbonyl (C=O) groups is 1. The van der Waals surface area contributed by atoms with Gasteiger partial charge >= 0.3 is 5.97 Å². The zero-order chi connectivity index (χ0) is 21.1. The second kappa shape index (κ2) is 8.73. The summed E-state index contributed by atoms with van der Waals surface area (Å²) in [6, 6.07) is 13.1. The van der Waals surface area contributed by atoms with Crippen molar-refractivity contribution >= 4 is 39.3 Å². The number of fused-ring (bicyclic) bond motifs is 1. The molecule has 0 atom stereocenters. The van der Waals surface area contributed by atoms with Crippen LogP contribution in [-0.4, -0.2) is 22.6 Å². The minimum absolute atomic E-state index is 0.0998. The molecule has 0 aliphatic heterocycles. The van der Waals surface area contributed by atoms with E-state index in [9.17, 15) is 9.59 Å². The Balaban J connectivity index is 1.70. The van der Waals surface area contributed by atoms with Crippen molar-refractivity contribution in [2.75, 3.05) is 7.11 Å². The normalized spacial score (nSPS) is 11.0. The molecule has 152 valence electrons. The Kier molecular flexibility index (Phi) is 5.87. The summed E-state index contributed by atoms with van der Waals surface area (Å²) < 4.78 is 11.8. The molecule has 0 N–H and O–H groups in total. The largest absolute Gasteiger partial charge is 0.463 e. The average molecular weight is 439 g/mol. The average Bonchev–Trinajstić information content (AvgIpc) is 3.42. The van der Waals surface area contributed by atoms with Gasteiger partial charge in [0, 0.05) is 17.5 Å². The van der Waals surface area contributed by atoms with Crippen LogP contribution in [0.1, 0.15) is 16.3 Å². The second-order valence-electron chi connectivity index (χ2n) is 6.34. The van der Waals surface area contributed by atoms with Crippen LogP contribution < -0.4 is 5.56 Å². The number of ether oxygens (including phenoxy) is 1. The molecule has 0 aliphatic carbocycles. The quantitative estimate of drug-likeness (QED) is 0.175. The van der Waals surface area contributed by atoms with Gasteiger partial charge in [0.25, 0.3) is 5.56 Å². The number of esters is 1. The van der Waals surface area contributed by atoms with Gasteiger partial charge in [-0.1, -0.05) is 48.2 Å². The predicted octanol–water partition coefficient (Wildman–Crippen LogP) is 4.98. The number of hydrogen-bond acceptors (Lipinski definition) is 7. The molecular weight excluding hydrogens is 420 g/mol. The maximum atomic E-state index is 13.3. The molecular formula is C22H18N2O4S2. The molecule has 4 aromatic rings. The lowest BCUT2D eigenvalue weighted by atomic mass is 10.1. The highest BCUT2D eigenvalue weighted by Gasteiger charge is 2.18. The number of aromatic nitrogens is 2. The molecule has 3 aromatic heterocycles. The number of methoxy groups -OCH3 is 1. The first-order valence-corrected chi connectivity index (χ1v) is 11.0. The smallest absolute Gasteiger partial charge is 0.373 e. The second-order valence-corrected chi connectivity index (χ2v) is 8.14. The van der Waals surface area contributed by atoms with E-state index in [1.165, 1.54) is 30.2 Å².